The third kappa shape index (κ3) is 4.19. The van der Waals surface area contributed by atoms with E-state index < -0.39 is 0 Å². The molecule has 2 aromatic carbocycles. The number of esters is 1. The molecule has 0 unspecified atom stereocenters. The number of nitrogens with zero attached hydrogens (tertiary/aromatic N) is 2. The van der Waals surface area contributed by atoms with Crippen molar-refractivity contribution in [2.24, 2.45) is 5.10 Å². The number of carbonyl (C=O) groups excluding carboxylic acids is 1. The second kappa shape index (κ2) is 7.85. The van der Waals surface area contributed by atoms with Gasteiger partial charge in [-0.3, -0.25) is 10.2 Å². The van der Waals surface area contributed by atoms with Gasteiger partial charge >= 0.3 is 5.97 Å². The van der Waals surface area contributed by atoms with Crippen molar-refractivity contribution in [3.05, 3.63) is 58.9 Å². The molecule has 25 heavy (non-hydrogen) atoms. The van der Waals surface area contributed by atoms with Crippen molar-refractivity contribution in [3.8, 4) is 0 Å². The highest BCUT2D eigenvalue weighted by molar-refractivity contribution is 7.13. The summed E-state index contributed by atoms with van der Waals surface area (Å²) in [6.45, 7) is 2.11. The van der Waals surface area contributed by atoms with Crippen molar-refractivity contribution in [1.82, 2.24) is 4.98 Å². The normalized spacial score (nSPS) is 11.1. The highest BCUT2D eigenvalue weighted by atomic mass is 32.1. The molecular weight excluding hydrogens is 341 g/mol. The summed E-state index contributed by atoms with van der Waals surface area (Å²) in [6, 6.07) is 10.3. The van der Waals surface area contributed by atoms with Crippen molar-refractivity contribution in [1.29, 1.82) is 0 Å². The highest BCUT2D eigenvalue weighted by Crippen LogP contribution is 2.21. The largest absolute Gasteiger partial charge is 0.466 e. The van der Waals surface area contributed by atoms with E-state index in [2.05, 4.69) is 15.5 Å². The van der Waals surface area contributed by atoms with Crippen LogP contribution < -0.4 is 5.43 Å². The van der Waals surface area contributed by atoms with Crippen LogP contribution in [0.1, 0.15) is 18.2 Å². The number of hydrogen-bond acceptors (Lipinski definition) is 6. The van der Waals surface area contributed by atoms with Gasteiger partial charge in [0.1, 0.15) is 5.82 Å². The number of benzene rings is 2. The van der Waals surface area contributed by atoms with Gasteiger partial charge in [0, 0.05) is 16.3 Å². The van der Waals surface area contributed by atoms with Crippen LogP contribution in [0, 0.1) is 5.82 Å². The number of ether oxygens (including phenoxy) is 1. The lowest BCUT2D eigenvalue weighted by Gasteiger charge is -2.02. The summed E-state index contributed by atoms with van der Waals surface area (Å²) in [5, 5.41) is 7.85. The summed E-state index contributed by atoms with van der Waals surface area (Å²) in [5.74, 6) is -0.565. The van der Waals surface area contributed by atoms with Gasteiger partial charge in [-0.2, -0.15) is 5.10 Å². The molecule has 0 bridgehead atoms. The minimum Gasteiger partial charge on any atom is -0.466 e. The number of nitrogens with one attached hydrogen (secondary N) is 1. The van der Waals surface area contributed by atoms with Crippen LogP contribution in [0.3, 0.4) is 0 Å². The monoisotopic (exact) mass is 357 g/mol. The summed E-state index contributed by atoms with van der Waals surface area (Å²) in [7, 11) is 0. The van der Waals surface area contributed by atoms with E-state index in [-0.39, 0.29) is 18.2 Å². The van der Waals surface area contributed by atoms with Crippen molar-refractivity contribution >= 4 is 39.4 Å². The van der Waals surface area contributed by atoms with Crippen LogP contribution in [-0.4, -0.2) is 23.8 Å². The van der Waals surface area contributed by atoms with Crippen molar-refractivity contribution in [3.63, 3.8) is 0 Å². The number of fused-ring (bicyclic) bond motifs is 1. The molecule has 0 fully saturated rings. The predicted octanol–water partition coefficient (Wildman–Crippen LogP) is 3.99. The van der Waals surface area contributed by atoms with E-state index in [1.165, 1.54) is 17.4 Å². The van der Waals surface area contributed by atoms with E-state index in [0.717, 1.165) is 10.9 Å². The van der Waals surface area contributed by atoms with Crippen molar-refractivity contribution < 1.29 is 13.9 Å². The van der Waals surface area contributed by atoms with Crippen molar-refractivity contribution in [2.75, 3.05) is 12.0 Å². The topological polar surface area (TPSA) is 63.6 Å². The molecule has 128 valence electrons. The molecular formula is C18H16FN3O2S. The van der Waals surface area contributed by atoms with Crippen LogP contribution >= 0.6 is 11.3 Å². The fraction of sp³-hybridized carbons (Fsp3) is 0.167. The van der Waals surface area contributed by atoms with Gasteiger partial charge in [-0.15, -0.1) is 11.3 Å². The van der Waals surface area contributed by atoms with Crippen LogP contribution in [0.25, 0.3) is 10.8 Å². The Balaban J connectivity index is 1.69. The quantitative estimate of drug-likeness (QED) is 0.412. The summed E-state index contributed by atoms with van der Waals surface area (Å²) in [6.07, 6.45) is 1.76. The SMILES string of the molecule is CCOC(=O)Cc1csc(NN=Cc2cccc3c(F)cccc23)n1. The smallest absolute Gasteiger partial charge is 0.311 e. The maximum atomic E-state index is 13.8. The average molecular weight is 357 g/mol. The zero-order chi connectivity index (χ0) is 17.6. The molecule has 0 aliphatic heterocycles. The lowest BCUT2D eigenvalue weighted by Crippen LogP contribution is -2.07. The summed E-state index contributed by atoms with van der Waals surface area (Å²) < 4.78 is 18.7. The number of halogens is 1. The van der Waals surface area contributed by atoms with E-state index in [1.54, 1.807) is 36.7 Å². The Morgan fingerprint density at radius 1 is 1.32 bits per heavy atom. The number of thiazole rings is 1. The second-order valence-corrected chi connectivity index (χ2v) is 6.04. The summed E-state index contributed by atoms with van der Waals surface area (Å²) in [4.78, 5) is 15.7. The Bertz CT molecular complexity index is 924. The van der Waals surface area contributed by atoms with Gasteiger partial charge in [0.15, 0.2) is 0 Å². The maximum Gasteiger partial charge on any atom is 0.311 e. The fourth-order valence-electron chi connectivity index (χ4n) is 2.36. The molecule has 0 saturated carbocycles. The Morgan fingerprint density at radius 3 is 2.96 bits per heavy atom. The minimum atomic E-state index is -0.305. The van der Waals surface area contributed by atoms with E-state index in [9.17, 15) is 9.18 Å². The van der Waals surface area contributed by atoms with Gasteiger partial charge in [0.2, 0.25) is 5.13 Å². The van der Waals surface area contributed by atoms with Gasteiger partial charge in [-0.05, 0) is 18.4 Å². The Kier molecular flexibility index (Phi) is 5.35. The van der Waals surface area contributed by atoms with Gasteiger partial charge in [0.05, 0.1) is 24.9 Å². The number of hydrazone groups is 1. The van der Waals surface area contributed by atoms with Gasteiger partial charge in [-0.25, -0.2) is 9.37 Å². The lowest BCUT2D eigenvalue weighted by molar-refractivity contribution is -0.142. The third-order valence-electron chi connectivity index (χ3n) is 3.45. The average Bonchev–Trinajstić information content (AvgIpc) is 3.03. The first-order valence-corrected chi connectivity index (χ1v) is 8.61. The van der Waals surface area contributed by atoms with Gasteiger partial charge in [0.25, 0.3) is 0 Å². The molecule has 1 heterocycles. The maximum absolute atomic E-state index is 13.8. The third-order valence-corrected chi connectivity index (χ3v) is 4.24. The molecule has 1 aromatic heterocycles. The molecule has 0 spiro atoms. The summed E-state index contributed by atoms with van der Waals surface area (Å²) >= 11 is 1.35. The lowest BCUT2D eigenvalue weighted by atomic mass is 10.1. The van der Waals surface area contributed by atoms with E-state index in [1.807, 2.05) is 12.1 Å². The van der Waals surface area contributed by atoms with Crippen LogP contribution in [0.4, 0.5) is 9.52 Å². The standard InChI is InChI=1S/C18H16FN3O2S/c1-2-24-17(23)9-13-11-25-18(21-13)22-20-10-12-5-3-7-15-14(12)6-4-8-16(15)19/h3-8,10-11H,2,9H2,1H3,(H,21,22). The second-order valence-electron chi connectivity index (χ2n) is 5.18. The van der Waals surface area contributed by atoms with Crippen LogP contribution in [-0.2, 0) is 16.0 Å². The van der Waals surface area contributed by atoms with Crippen LogP contribution in [0.5, 0.6) is 0 Å². The molecule has 0 saturated heterocycles. The first-order valence-electron chi connectivity index (χ1n) is 7.73. The molecule has 3 aromatic rings. The first kappa shape index (κ1) is 17.0. The predicted molar refractivity (Wildman–Crippen MR) is 97.6 cm³/mol. The Labute approximate surface area is 148 Å². The van der Waals surface area contributed by atoms with E-state index >= 15 is 0 Å². The first-order chi connectivity index (χ1) is 12.2. The summed E-state index contributed by atoms with van der Waals surface area (Å²) in [5.41, 5.74) is 4.26. The molecule has 3 rings (SSSR count). The number of hydrogen-bond donors (Lipinski definition) is 1. The molecule has 0 radical (unpaired) electrons. The molecule has 0 amide bonds. The van der Waals surface area contributed by atoms with Gasteiger partial charge < -0.3 is 4.74 Å². The molecule has 1 N–H and O–H groups in total. The van der Waals surface area contributed by atoms with E-state index in [0.29, 0.717) is 22.8 Å². The fourth-order valence-corrected chi connectivity index (χ4v) is 3.02. The number of aromatic nitrogens is 1. The Hall–Kier alpha value is -2.80. The number of anilines is 1. The van der Waals surface area contributed by atoms with Gasteiger partial charge in [-0.1, -0.05) is 30.3 Å². The number of rotatable bonds is 6. The number of carbonyl (C=O) groups is 1. The molecule has 0 aliphatic carbocycles. The minimum absolute atomic E-state index is 0.137. The molecule has 7 heteroatoms. The zero-order valence-corrected chi connectivity index (χ0v) is 14.3. The van der Waals surface area contributed by atoms with E-state index in [4.69, 9.17) is 4.74 Å². The molecule has 0 atom stereocenters. The Morgan fingerprint density at radius 2 is 2.12 bits per heavy atom. The zero-order valence-electron chi connectivity index (χ0n) is 13.5. The highest BCUT2D eigenvalue weighted by Gasteiger charge is 2.08. The molecule has 5 nitrogen and oxygen atoms in total. The molecule has 0 aliphatic rings. The van der Waals surface area contributed by atoms with Crippen LogP contribution in [0.2, 0.25) is 0 Å². The van der Waals surface area contributed by atoms with Crippen molar-refractivity contribution in [2.45, 2.75) is 13.3 Å². The van der Waals surface area contributed by atoms with Crippen LogP contribution in [0.15, 0.2) is 46.9 Å².